The molecule has 0 radical (unpaired) electrons. The monoisotopic (exact) mass is 958 g/mol. The summed E-state index contributed by atoms with van der Waals surface area (Å²) >= 11 is 0. The van der Waals surface area contributed by atoms with Gasteiger partial charge in [0.25, 0.3) is 0 Å². The number of methoxy groups -OCH3 is 1. The Kier molecular flexibility index (Phi) is 14.3. The average molecular weight is 959 g/mol. The van der Waals surface area contributed by atoms with Crippen molar-refractivity contribution in [1.82, 2.24) is 29.0 Å². The summed E-state index contributed by atoms with van der Waals surface area (Å²) in [4.78, 5) is 17.7. The summed E-state index contributed by atoms with van der Waals surface area (Å²) in [5.74, 6) is 15.2. The summed E-state index contributed by atoms with van der Waals surface area (Å²) in [7, 11) is -6.73. The third kappa shape index (κ3) is 12.3. The van der Waals surface area contributed by atoms with Crippen LogP contribution in [0.15, 0.2) is 146 Å². The van der Waals surface area contributed by atoms with Gasteiger partial charge >= 0.3 is 0 Å². The van der Waals surface area contributed by atoms with Crippen molar-refractivity contribution in [3.63, 3.8) is 0 Å². The van der Waals surface area contributed by atoms with E-state index < -0.39 is 38.0 Å². The Balaban J connectivity index is 0.930. The molecule has 0 aliphatic heterocycles. The lowest BCUT2D eigenvalue weighted by Crippen LogP contribution is -2.45. The number of nitrogens with one attached hydrogen (secondary N) is 3. The highest BCUT2D eigenvalue weighted by molar-refractivity contribution is 7.92. The van der Waals surface area contributed by atoms with E-state index in [1.165, 1.54) is 19.6 Å². The van der Waals surface area contributed by atoms with Gasteiger partial charge in [-0.2, -0.15) is 9.03 Å². The molecule has 2 unspecified atom stereocenters. The van der Waals surface area contributed by atoms with Gasteiger partial charge in [0.15, 0.2) is 11.5 Å². The van der Waals surface area contributed by atoms with Crippen LogP contribution in [0.1, 0.15) is 30.5 Å². The number of nitrogens with zero attached hydrogens (tertiary/aromatic N) is 5. The Bertz CT molecular complexity index is 3520. The first-order valence-electron chi connectivity index (χ1n) is 21.5. The summed E-state index contributed by atoms with van der Waals surface area (Å²) < 4.78 is 74.0. The van der Waals surface area contributed by atoms with E-state index in [1.807, 2.05) is 91.9 Å². The third-order valence-corrected chi connectivity index (χ3v) is 13.2. The van der Waals surface area contributed by atoms with E-state index in [0.717, 1.165) is 33.3 Å². The first-order chi connectivity index (χ1) is 33.2. The Labute approximate surface area is 401 Å². The second-order valence-corrected chi connectivity index (χ2v) is 19.4. The van der Waals surface area contributed by atoms with E-state index >= 15 is 0 Å². The highest BCUT2D eigenvalue weighted by Gasteiger charge is 2.29. The first-order valence-corrected chi connectivity index (χ1v) is 25.0. The van der Waals surface area contributed by atoms with Crippen LogP contribution in [-0.2, 0) is 20.0 Å². The lowest BCUT2D eigenvalue weighted by atomic mass is 10.1. The summed E-state index contributed by atoms with van der Waals surface area (Å²) in [6.45, 7) is 5.04. The fourth-order valence-electron chi connectivity index (χ4n) is 7.09. The molecule has 0 amide bonds. The summed E-state index contributed by atoms with van der Waals surface area (Å²) in [6.07, 6.45) is 3.84. The molecule has 2 atom stereocenters. The lowest BCUT2D eigenvalue weighted by molar-refractivity contribution is 0.379. The van der Waals surface area contributed by atoms with Crippen LogP contribution in [-0.4, -0.2) is 72.4 Å². The largest absolute Gasteiger partial charge is 0.493 e. The van der Waals surface area contributed by atoms with Crippen LogP contribution < -0.4 is 29.6 Å². The minimum atomic E-state index is -4.24. The molecule has 3 N–H and O–H groups in total. The number of anilines is 4. The average Bonchev–Trinajstić information content (AvgIpc) is 3.33. The molecule has 0 aliphatic carbocycles. The van der Waals surface area contributed by atoms with Crippen molar-refractivity contribution in [3.8, 4) is 52.4 Å². The van der Waals surface area contributed by atoms with Gasteiger partial charge in [0.1, 0.15) is 47.4 Å². The summed E-state index contributed by atoms with van der Waals surface area (Å²) in [5.41, 5.74) is 4.79. The molecule has 8 aromatic rings. The number of para-hydroxylation sites is 2. The highest BCUT2D eigenvalue weighted by atomic mass is 32.2. The van der Waals surface area contributed by atoms with Gasteiger partial charge in [-0.15, -0.1) is 0 Å². The number of hydrogen-bond donors (Lipinski definition) is 3. The van der Waals surface area contributed by atoms with Gasteiger partial charge in [0.2, 0.25) is 20.0 Å². The van der Waals surface area contributed by atoms with E-state index in [4.69, 9.17) is 14.2 Å². The fraction of sp³-hybridized carbons (Fsp3) is 0.154. The van der Waals surface area contributed by atoms with Gasteiger partial charge in [-0.1, -0.05) is 60.1 Å². The molecule has 348 valence electrons. The molecule has 69 heavy (non-hydrogen) atoms. The van der Waals surface area contributed by atoms with Crippen molar-refractivity contribution in [2.75, 3.05) is 29.9 Å². The van der Waals surface area contributed by atoms with Crippen LogP contribution in [0.2, 0.25) is 0 Å². The van der Waals surface area contributed by atoms with E-state index in [0.29, 0.717) is 67.5 Å². The quantitative estimate of drug-likeness (QED) is 0.0827. The molecule has 6 aromatic carbocycles. The van der Waals surface area contributed by atoms with Gasteiger partial charge in [-0.3, -0.25) is 0 Å². The maximum absolute atomic E-state index is 13.5. The Morgan fingerprint density at radius 3 is 1.67 bits per heavy atom. The maximum Gasteiger partial charge on any atom is 0.227 e. The fourth-order valence-corrected chi connectivity index (χ4v) is 10.1. The van der Waals surface area contributed by atoms with Crippen LogP contribution >= 0.6 is 0 Å². The Morgan fingerprint density at radius 1 is 0.609 bits per heavy atom. The van der Waals surface area contributed by atoms with Gasteiger partial charge in [0, 0.05) is 39.3 Å². The molecule has 0 aliphatic rings. The maximum atomic E-state index is 13.5. The van der Waals surface area contributed by atoms with Crippen molar-refractivity contribution >= 4 is 64.9 Å². The highest BCUT2D eigenvalue weighted by Crippen LogP contribution is 2.36. The van der Waals surface area contributed by atoms with Gasteiger partial charge < -0.3 is 24.8 Å². The Hall–Kier alpha value is -8.06. The van der Waals surface area contributed by atoms with E-state index in [9.17, 15) is 16.8 Å². The minimum Gasteiger partial charge on any atom is -0.493 e. The van der Waals surface area contributed by atoms with E-state index in [-0.39, 0.29) is 0 Å². The smallest absolute Gasteiger partial charge is 0.227 e. The number of fused-ring (bicyclic) bond motifs is 2. The van der Waals surface area contributed by atoms with Crippen molar-refractivity contribution < 1.29 is 31.0 Å². The molecule has 15 nitrogen and oxygen atoms in total. The number of ether oxygens (including phenoxy) is 3. The van der Waals surface area contributed by atoms with Gasteiger partial charge in [-0.05, 0) is 117 Å². The number of aromatic nitrogens is 4. The van der Waals surface area contributed by atoms with E-state index in [2.05, 4.69) is 59.0 Å². The van der Waals surface area contributed by atoms with Crippen LogP contribution in [0, 0.1) is 30.6 Å². The lowest BCUT2D eigenvalue weighted by Gasteiger charge is -2.23. The molecule has 0 saturated heterocycles. The summed E-state index contributed by atoms with van der Waals surface area (Å²) in [6, 6.07) is 38.8. The van der Waals surface area contributed by atoms with Crippen molar-refractivity contribution in [1.29, 1.82) is 0 Å². The molecule has 0 bridgehead atoms. The SMILES string of the molecule is COc1cc(Nc2ncnc3ccc(C#CC(C)NS(=O)(=O)CN(C(C)C#Cc4ccc5ncnc(Nc6ccc(Oc7ccccc7)c(C)c6)c5c4)S(C)(=O)=O)cc23)ccc1Oc1ccccc1. The summed E-state index contributed by atoms with van der Waals surface area (Å²) in [5, 5.41) is 8.01. The molecule has 0 spiro atoms. The molecule has 0 fully saturated rings. The van der Waals surface area contributed by atoms with Crippen LogP contribution in [0.3, 0.4) is 0 Å². The zero-order chi connectivity index (χ0) is 48.5. The standard InChI is InChI=1S/C52H46N8O7S2/c1-35-28-40(22-26-48(35)66-42-12-8-6-9-13-42)57-51-45-30-39(21-25-47(45)53-32-55-51)19-17-37(3)60(68(5,61)62)34-69(63,64)59-36(2)16-18-38-20-24-46-44(29-38)52(56-33-54-46)58-41-23-27-49(50(31-41)65-4)67-43-14-10-7-11-15-43/h6-15,20-33,36-37,59H,34H2,1-5H3,(H,53,55,57)(H,54,56,58). The van der Waals surface area contributed by atoms with Crippen molar-refractivity contribution in [2.24, 2.45) is 0 Å². The number of hydrogen-bond acceptors (Lipinski definition) is 13. The predicted octanol–water partition coefficient (Wildman–Crippen LogP) is 9.28. The van der Waals surface area contributed by atoms with Crippen molar-refractivity contribution in [3.05, 3.63) is 163 Å². The molecule has 0 saturated carbocycles. The normalized spacial score (nSPS) is 12.3. The van der Waals surface area contributed by atoms with Gasteiger partial charge in [-0.25, -0.2) is 36.8 Å². The molecule has 2 heterocycles. The number of benzene rings is 6. The van der Waals surface area contributed by atoms with Crippen LogP contribution in [0.5, 0.6) is 28.7 Å². The van der Waals surface area contributed by atoms with Gasteiger partial charge in [0.05, 0.1) is 36.5 Å². The molecular formula is C52H46N8O7S2. The second kappa shape index (κ2) is 20.8. The molecule has 8 rings (SSSR count). The zero-order valence-electron chi connectivity index (χ0n) is 38.1. The number of sulfonamides is 2. The number of rotatable bonds is 15. The first kappa shape index (κ1) is 47.4. The molecule has 2 aromatic heterocycles. The topological polar surface area (TPSA) is 187 Å². The van der Waals surface area contributed by atoms with Crippen molar-refractivity contribution in [2.45, 2.75) is 32.9 Å². The predicted molar refractivity (Wildman–Crippen MR) is 269 cm³/mol. The zero-order valence-corrected chi connectivity index (χ0v) is 39.8. The van der Waals surface area contributed by atoms with Crippen LogP contribution in [0.25, 0.3) is 21.8 Å². The van der Waals surface area contributed by atoms with E-state index in [1.54, 1.807) is 62.6 Å². The second-order valence-electron chi connectivity index (χ2n) is 15.8. The molecule has 17 heteroatoms. The van der Waals surface area contributed by atoms with Crippen LogP contribution in [0.4, 0.5) is 23.0 Å². The minimum absolute atomic E-state index is 0.508. The third-order valence-electron chi connectivity index (χ3n) is 10.4. The number of aryl methyl sites for hydroxylation is 1. The Morgan fingerprint density at radius 2 is 1.13 bits per heavy atom. The molecular weight excluding hydrogens is 913 g/mol.